The fraction of sp³-hybridized carbons (Fsp3) is 0.188. The molecule has 3 rings (SSSR count). The van der Waals surface area contributed by atoms with Gasteiger partial charge in [0.25, 0.3) is 0 Å². The summed E-state index contributed by atoms with van der Waals surface area (Å²) in [6.07, 6.45) is 0. The van der Waals surface area contributed by atoms with E-state index < -0.39 is 0 Å². The number of fused-ring (bicyclic) bond motifs is 1. The van der Waals surface area contributed by atoms with E-state index in [1.807, 2.05) is 42.7 Å². The SMILES string of the molecule is COc1ccc(-n2c(N)nc3cc(C)ccc32)cc1C. The molecule has 0 radical (unpaired) electrons. The molecule has 2 aromatic carbocycles. The quantitative estimate of drug-likeness (QED) is 0.775. The fourth-order valence-electron chi connectivity index (χ4n) is 2.48. The van der Waals surface area contributed by atoms with Crippen LogP contribution in [0.25, 0.3) is 16.7 Å². The van der Waals surface area contributed by atoms with Crippen molar-refractivity contribution >= 4 is 17.0 Å². The fourth-order valence-corrected chi connectivity index (χ4v) is 2.48. The summed E-state index contributed by atoms with van der Waals surface area (Å²) >= 11 is 0. The van der Waals surface area contributed by atoms with Crippen LogP contribution in [0.4, 0.5) is 5.95 Å². The first-order chi connectivity index (χ1) is 9.60. The summed E-state index contributed by atoms with van der Waals surface area (Å²) in [5.74, 6) is 1.36. The van der Waals surface area contributed by atoms with Crippen molar-refractivity contribution in [3.63, 3.8) is 0 Å². The first-order valence-corrected chi connectivity index (χ1v) is 6.50. The molecule has 0 spiro atoms. The third-order valence-corrected chi connectivity index (χ3v) is 3.47. The van der Waals surface area contributed by atoms with Crippen LogP contribution >= 0.6 is 0 Å². The number of rotatable bonds is 2. The highest BCUT2D eigenvalue weighted by molar-refractivity contribution is 5.81. The van der Waals surface area contributed by atoms with Gasteiger partial charge in [-0.1, -0.05) is 6.07 Å². The first-order valence-electron chi connectivity index (χ1n) is 6.50. The molecule has 4 heteroatoms. The standard InChI is InChI=1S/C16H17N3O/c1-10-4-6-14-13(8-10)18-16(17)19(14)12-5-7-15(20-3)11(2)9-12/h4-9H,1-3H3,(H2,17,18). The number of aromatic nitrogens is 2. The number of nitrogens with two attached hydrogens (primary N) is 1. The molecule has 0 unspecified atom stereocenters. The van der Waals surface area contributed by atoms with Gasteiger partial charge in [-0.05, 0) is 55.3 Å². The van der Waals surface area contributed by atoms with Gasteiger partial charge in [-0.3, -0.25) is 4.57 Å². The van der Waals surface area contributed by atoms with E-state index in [4.69, 9.17) is 10.5 Å². The van der Waals surface area contributed by atoms with E-state index in [9.17, 15) is 0 Å². The first kappa shape index (κ1) is 12.5. The molecule has 0 fully saturated rings. The third kappa shape index (κ3) is 1.90. The summed E-state index contributed by atoms with van der Waals surface area (Å²) in [5.41, 5.74) is 11.2. The van der Waals surface area contributed by atoms with Crippen molar-refractivity contribution in [3.05, 3.63) is 47.5 Å². The molecule has 0 aliphatic rings. The van der Waals surface area contributed by atoms with Crippen molar-refractivity contribution in [1.82, 2.24) is 9.55 Å². The molecule has 102 valence electrons. The Labute approximate surface area is 117 Å². The summed E-state index contributed by atoms with van der Waals surface area (Å²) in [6, 6.07) is 12.1. The minimum atomic E-state index is 0.496. The molecule has 0 aliphatic heterocycles. The lowest BCUT2D eigenvalue weighted by molar-refractivity contribution is 0.411. The predicted octanol–water partition coefficient (Wildman–Crippen LogP) is 3.23. The minimum Gasteiger partial charge on any atom is -0.496 e. The van der Waals surface area contributed by atoms with E-state index >= 15 is 0 Å². The van der Waals surface area contributed by atoms with Crippen LogP contribution in [-0.2, 0) is 0 Å². The maximum Gasteiger partial charge on any atom is 0.205 e. The molecule has 0 aliphatic carbocycles. The Hall–Kier alpha value is -2.49. The largest absolute Gasteiger partial charge is 0.496 e. The Kier molecular flexibility index (Phi) is 2.86. The lowest BCUT2D eigenvalue weighted by Gasteiger charge is -2.10. The van der Waals surface area contributed by atoms with Gasteiger partial charge in [0.05, 0.1) is 18.1 Å². The molecule has 20 heavy (non-hydrogen) atoms. The molecule has 4 nitrogen and oxygen atoms in total. The number of nitrogens with zero attached hydrogens (tertiary/aromatic N) is 2. The van der Waals surface area contributed by atoms with Gasteiger partial charge >= 0.3 is 0 Å². The number of hydrogen-bond donors (Lipinski definition) is 1. The van der Waals surface area contributed by atoms with Gasteiger partial charge in [0.1, 0.15) is 5.75 Å². The average Bonchev–Trinajstić information content (AvgIpc) is 2.73. The summed E-state index contributed by atoms with van der Waals surface area (Å²) in [4.78, 5) is 4.43. The Morgan fingerprint density at radius 1 is 1.10 bits per heavy atom. The van der Waals surface area contributed by atoms with E-state index in [0.717, 1.165) is 28.0 Å². The summed E-state index contributed by atoms with van der Waals surface area (Å²) in [5, 5.41) is 0. The predicted molar refractivity (Wildman–Crippen MR) is 81.5 cm³/mol. The van der Waals surface area contributed by atoms with Crippen molar-refractivity contribution in [1.29, 1.82) is 0 Å². The van der Waals surface area contributed by atoms with Gasteiger partial charge in [0.15, 0.2) is 0 Å². The zero-order chi connectivity index (χ0) is 14.3. The summed E-state index contributed by atoms with van der Waals surface area (Å²) in [7, 11) is 1.67. The smallest absolute Gasteiger partial charge is 0.205 e. The highest BCUT2D eigenvalue weighted by atomic mass is 16.5. The lowest BCUT2D eigenvalue weighted by atomic mass is 10.2. The Bertz CT molecular complexity index is 790. The highest BCUT2D eigenvalue weighted by Gasteiger charge is 2.11. The number of methoxy groups -OCH3 is 1. The van der Waals surface area contributed by atoms with Gasteiger partial charge in [0, 0.05) is 5.69 Å². The normalized spacial score (nSPS) is 10.9. The zero-order valence-electron chi connectivity index (χ0n) is 11.8. The monoisotopic (exact) mass is 267 g/mol. The van der Waals surface area contributed by atoms with E-state index in [-0.39, 0.29) is 0 Å². The van der Waals surface area contributed by atoms with Crippen LogP contribution in [0, 0.1) is 13.8 Å². The maximum atomic E-state index is 6.08. The molecule has 1 heterocycles. The maximum absolute atomic E-state index is 6.08. The number of ether oxygens (including phenoxy) is 1. The lowest BCUT2D eigenvalue weighted by Crippen LogP contribution is -2.01. The van der Waals surface area contributed by atoms with Crippen LogP contribution in [0.3, 0.4) is 0 Å². The third-order valence-electron chi connectivity index (χ3n) is 3.47. The van der Waals surface area contributed by atoms with Crippen LogP contribution in [-0.4, -0.2) is 16.7 Å². The topological polar surface area (TPSA) is 53.1 Å². The number of hydrogen-bond acceptors (Lipinski definition) is 3. The number of nitrogen functional groups attached to an aromatic ring is 1. The molecule has 0 saturated carbocycles. The van der Waals surface area contributed by atoms with Crippen molar-refractivity contribution in [2.75, 3.05) is 12.8 Å². The highest BCUT2D eigenvalue weighted by Crippen LogP contribution is 2.27. The minimum absolute atomic E-state index is 0.496. The van der Waals surface area contributed by atoms with Gasteiger partial charge < -0.3 is 10.5 Å². The van der Waals surface area contributed by atoms with Crippen molar-refractivity contribution in [3.8, 4) is 11.4 Å². The Morgan fingerprint density at radius 3 is 2.60 bits per heavy atom. The molecule has 0 amide bonds. The van der Waals surface area contributed by atoms with Gasteiger partial charge in [0.2, 0.25) is 5.95 Å². The van der Waals surface area contributed by atoms with E-state index in [1.54, 1.807) is 7.11 Å². The van der Waals surface area contributed by atoms with Crippen LogP contribution in [0.15, 0.2) is 36.4 Å². The summed E-state index contributed by atoms with van der Waals surface area (Å²) in [6.45, 7) is 4.06. The molecule has 2 N–H and O–H groups in total. The van der Waals surface area contributed by atoms with Gasteiger partial charge in [-0.15, -0.1) is 0 Å². The van der Waals surface area contributed by atoms with E-state index in [2.05, 4.69) is 17.1 Å². The number of imidazole rings is 1. The Morgan fingerprint density at radius 2 is 1.90 bits per heavy atom. The molecular formula is C16H17N3O. The van der Waals surface area contributed by atoms with Gasteiger partial charge in [-0.25, -0.2) is 4.98 Å². The van der Waals surface area contributed by atoms with Crippen molar-refractivity contribution in [2.24, 2.45) is 0 Å². The second-order valence-corrected chi connectivity index (χ2v) is 4.95. The van der Waals surface area contributed by atoms with Crippen LogP contribution < -0.4 is 10.5 Å². The van der Waals surface area contributed by atoms with Crippen LogP contribution in [0.5, 0.6) is 5.75 Å². The molecular weight excluding hydrogens is 250 g/mol. The molecule has 0 bridgehead atoms. The number of benzene rings is 2. The van der Waals surface area contributed by atoms with Crippen LogP contribution in [0.2, 0.25) is 0 Å². The number of anilines is 1. The Balaban J connectivity index is 2.23. The second-order valence-electron chi connectivity index (χ2n) is 4.95. The number of aryl methyl sites for hydroxylation is 2. The van der Waals surface area contributed by atoms with E-state index in [0.29, 0.717) is 5.95 Å². The second kappa shape index (κ2) is 4.56. The van der Waals surface area contributed by atoms with Crippen LogP contribution in [0.1, 0.15) is 11.1 Å². The molecule has 0 saturated heterocycles. The zero-order valence-corrected chi connectivity index (χ0v) is 11.8. The van der Waals surface area contributed by atoms with Gasteiger partial charge in [-0.2, -0.15) is 0 Å². The van der Waals surface area contributed by atoms with Crippen molar-refractivity contribution < 1.29 is 4.74 Å². The molecule has 0 atom stereocenters. The summed E-state index contributed by atoms with van der Waals surface area (Å²) < 4.78 is 7.25. The molecule has 3 aromatic rings. The van der Waals surface area contributed by atoms with E-state index in [1.165, 1.54) is 5.56 Å². The van der Waals surface area contributed by atoms with Crippen molar-refractivity contribution in [2.45, 2.75) is 13.8 Å². The molecule has 1 aromatic heterocycles. The average molecular weight is 267 g/mol.